The molecule has 0 aliphatic rings. The molecule has 1 rings (SSSR count). The molecule has 0 bridgehead atoms. The van der Waals surface area contributed by atoms with Gasteiger partial charge in [-0.1, -0.05) is 22.6 Å². The number of methoxy groups -OCH3 is 1. The Morgan fingerprint density at radius 2 is 1.81 bits per heavy atom. The molecule has 3 nitrogen and oxygen atoms in total. The van der Waals surface area contributed by atoms with Crippen LogP contribution in [0, 0.1) is 0 Å². The van der Waals surface area contributed by atoms with Crippen LogP contribution < -0.4 is 9.47 Å². The molecule has 5 heteroatoms. The average Bonchev–Trinajstić information content (AvgIpc) is 2.28. The van der Waals surface area contributed by atoms with Crippen molar-refractivity contribution < 1.29 is 18.7 Å². The third-order valence-electron chi connectivity index (χ3n) is 1.91. The molecular formula is C11H12FIO3. The Morgan fingerprint density at radius 1 is 1.31 bits per heavy atom. The summed E-state index contributed by atoms with van der Waals surface area (Å²) in [7, 11) is 1.54. The summed E-state index contributed by atoms with van der Waals surface area (Å²) in [6.45, 7) is 1.61. The third-order valence-corrected chi connectivity index (χ3v) is 2.54. The monoisotopic (exact) mass is 338 g/mol. The van der Waals surface area contributed by atoms with E-state index in [0.717, 1.165) is 0 Å². The van der Waals surface area contributed by atoms with E-state index < -0.39 is 16.1 Å². The summed E-state index contributed by atoms with van der Waals surface area (Å²) in [5.41, 5.74) is 0. The highest BCUT2D eigenvalue weighted by molar-refractivity contribution is 14.1. The number of carbonyl (C=O) groups excluding carboxylic acids is 1. The third kappa shape index (κ3) is 3.62. The molecule has 0 saturated heterocycles. The first-order valence-electron chi connectivity index (χ1n) is 4.68. The summed E-state index contributed by atoms with van der Waals surface area (Å²) in [5.74, 6) is 0.0939. The molecule has 0 saturated carbocycles. The number of rotatable bonds is 4. The molecule has 0 aromatic heterocycles. The van der Waals surface area contributed by atoms with Gasteiger partial charge in [0.1, 0.15) is 11.5 Å². The second kappa shape index (κ2) is 6.03. The van der Waals surface area contributed by atoms with Crippen LogP contribution >= 0.6 is 22.6 Å². The molecule has 0 fully saturated rings. The highest BCUT2D eigenvalue weighted by atomic mass is 127. The van der Waals surface area contributed by atoms with Crippen LogP contribution in [0.2, 0.25) is 0 Å². The largest absolute Gasteiger partial charge is 0.497 e. The maximum atomic E-state index is 13.2. The Morgan fingerprint density at radius 3 is 2.25 bits per heavy atom. The van der Waals surface area contributed by atoms with Gasteiger partial charge >= 0.3 is 5.97 Å². The Hall–Kier alpha value is -0.850. The average molecular weight is 338 g/mol. The van der Waals surface area contributed by atoms with Crippen molar-refractivity contribution in [3.05, 3.63) is 24.3 Å². The van der Waals surface area contributed by atoms with E-state index in [1.807, 2.05) is 22.6 Å². The van der Waals surface area contributed by atoms with Crippen molar-refractivity contribution in [1.29, 1.82) is 0 Å². The van der Waals surface area contributed by atoms with E-state index in [0.29, 0.717) is 11.5 Å². The lowest BCUT2D eigenvalue weighted by Crippen LogP contribution is -2.28. The number of ether oxygens (including phenoxy) is 2. The van der Waals surface area contributed by atoms with Gasteiger partial charge in [0.05, 0.1) is 11.0 Å². The summed E-state index contributed by atoms with van der Waals surface area (Å²) in [5, 5.41) is 0. The SMILES string of the molecule is COc1ccc(OC(=O)C(F)C(C)I)cc1. The number of halogens is 2. The van der Waals surface area contributed by atoms with E-state index in [1.165, 1.54) is 7.11 Å². The Kier molecular flexibility index (Phi) is 4.98. The number of benzene rings is 1. The fourth-order valence-corrected chi connectivity index (χ4v) is 1.30. The molecule has 0 heterocycles. The molecule has 2 atom stereocenters. The Labute approximate surface area is 107 Å². The van der Waals surface area contributed by atoms with Gasteiger partial charge in [-0.3, -0.25) is 0 Å². The lowest BCUT2D eigenvalue weighted by molar-refractivity contribution is -0.139. The lowest BCUT2D eigenvalue weighted by atomic mass is 10.3. The van der Waals surface area contributed by atoms with Crippen molar-refractivity contribution in [2.45, 2.75) is 17.0 Å². The first-order chi connectivity index (χ1) is 7.54. The predicted octanol–water partition coefficient (Wildman–Crippen LogP) is 2.76. The fourth-order valence-electron chi connectivity index (χ4n) is 1.00. The Balaban J connectivity index is 2.62. The van der Waals surface area contributed by atoms with E-state index in [2.05, 4.69) is 0 Å². The highest BCUT2D eigenvalue weighted by Gasteiger charge is 2.24. The van der Waals surface area contributed by atoms with Gasteiger partial charge in [0, 0.05) is 0 Å². The number of alkyl halides is 2. The molecule has 0 amide bonds. The van der Waals surface area contributed by atoms with Gasteiger partial charge in [0.15, 0.2) is 0 Å². The molecule has 0 aliphatic carbocycles. The van der Waals surface area contributed by atoms with Gasteiger partial charge in [-0.15, -0.1) is 0 Å². The minimum atomic E-state index is -1.61. The van der Waals surface area contributed by atoms with Crippen molar-refractivity contribution in [2.24, 2.45) is 0 Å². The maximum Gasteiger partial charge on any atom is 0.347 e. The number of carbonyl (C=O) groups is 1. The zero-order valence-corrected chi connectivity index (χ0v) is 11.1. The van der Waals surface area contributed by atoms with Gasteiger partial charge in [-0.2, -0.15) is 0 Å². The van der Waals surface area contributed by atoms with E-state index in [9.17, 15) is 9.18 Å². The van der Waals surface area contributed by atoms with Crippen molar-refractivity contribution >= 4 is 28.6 Å². The highest BCUT2D eigenvalue weighted by Crippen LogP contribution is 2.19. The van der Waals surface area contributed by atoms with E-state index >= 15 is 0 Å². The standard InChI is InChI=1S/C11H12FIO3/c1-7(13)10(12)11(14)16-9-5-3-8(15-2)4-6-9/h3-7,10H,1-2H3. The molecule has 0 N–H and O–H groups in total. The van der Waals surface area contributed by atoms with Gasteiger partial charge in [-0.05, 0) is 31.2 Å². The maximum absolute atomic E-state index is 13.2. The molecule has 88 valence electrons. The van der Waals surface area contributed by atoms with E-state index in [-0.39, 0.29) is 0 Å². The topological polar surface area (TPSA) is 35.5 Å². The normalized spacial score (nSPS) is 14.0. The molecule has 2 unspecified atom stereocenters. The first kappa shape index (κ1) is 13.2. The molecule has 1 aromatic rings. The quantitative estimate of drug-likeness (QED) is 0.367. The zero-order chi connectivity index (χ0) is 12.1. The summed E-state index contributed by atoms with van der Waals surface area (Å²) in [6, 6.07) is 6.40. The van der Waals surface area contributed by atoms with Crippen LogP contribution in [0.5, 0.6) is 11.5 Å². The summed E-state index contributed by atoms with van der Waals surface area (Å²) in [4.78, 5) is 11.3. The van der Waals surface area contributed by atoms with Crippen LogP contribution in [0.1, 0.15) is 6.92 Å². The summed E-state index contributed by atoms with van der Waals surface area (Å²) >= 11 is 1.84. The van der Waals surface area contributed by atoms with Gasteiger partial charge < -0.3 is 9.47 Å². The second-order valence-corrected chi connectivity index (χ2v) is 5.14. The molecule has 0 spiro atoms. The van der Waals surface area contributed by atoms with Crippen LogP contribution in [-0.2, 0) is 4.79 Å². The smallest absolute Gasteiger partial charge is 0.347 e. The van der Waals surface area contributed by atoms with Gasteiger partial charge in [-0.25, -0.2) is 9.18 Å². The van der Waals surface area contributed by atoms with Crippen LogP contribution in [0.25, 0.3) is 0 Å². The van der Waals surface area contributed by atoms with Crippen LogP contribution in [0.15, 0.2) is 24.3 Å². The fraction of sp³-hybridized carbons (Fsp3) is 0.364. The predicted molar refractivity (Wildman–Crippen MR) is 67.0 cm³/mol. The molecular weight excluding hydrogens is 326 g/mol. The van der Waals surface area contributed by atoms with Gasteiger partial charge in [0.25, 0.3) is 0 Å². The van der Waals surface area contributed by atoms with Crippen molar-refractivity contribution in [3.63, 3.8) is 0 Å². The minimum Gasteiger partial charge on any atom is -0.497 e. The summed E-state index contributed by atoms with van der Waals surface area (Å²) in [6.07, 6.45) is -1.61. The molecule has 0 aliphatic heterocycles. The molecule has 16 heavy (non-hydrogen) atoms. The number of hydrogen-bond donors (Lipinski definition) is 0. The Bertz CT molecular complexity index is 351. The summed E-state index contributed by atoms with van der Waals surface area (Å²) < 4.78 is 22.6. The van der Waals surface area contributed by atoms with Gasteiger partial charge in [0.2, 0.25) is 6.17 Å². The molecule has 1 aromatic carbocycles. The van der Waals surface area contributed by atoms with Crippen LogP contribution in [0.3, 0.4) is 0 Å². The van der Waals surface area contributed by atoms with Crippen LogP contribution in [-0.4, -0.2) is 23.2 Å². The van der Waals surface area contributed by atoms with Crippen molar-refractivity contribution in [2.75, 3.05) is 7.11 Å². The van der Waals surface area contributed by atoms with Crippen molar-refractivity contribution in [1.82, 2.24) is 0 Å². The number of esters is 1. The van der Waals surface area contributed by atoms with E-state index in [1.54, 1.807) is 31.2 Å². The lowest BCUT2D eigenvalue weighted by Gasteiger charge is -2.10. The zero-order valence-electron chi connectivity index (χ0n) is 8.94. The first-order valence-corrected chi connectivity index (χ1v) is 5.93. The minimum absolute atomic E-state index is 0.311. The van der Waals surface area contributed by atoms with Crippen molar-refractivity contribution in [3.8, 4) is 11.5 Å². The van der Waals surface area contributed by atoms with Crippen LogP contribution in [0.4, 0.5) is 4.39 Å². The number of hydrogen-bond acceptors (Lipinski definition) is 3. The second-order valence-electron chi connectivity index (χ2n) is 3.18. The van der Waals surface area contributed by atoms with E-state index in [4.69, 9.17) is 9.47 Å². The molecule has 0 radical (unpaired) electrons.